The van der Waals surface area contributed by atoms with Gasteiger partial charge in [0.15, 0.2) is 5.17 Å². The number of rotatable bonds is 7. The third-order valence-electron chi connectivity index (χ3n) is 4.64. The van der Waals surface area contributed by atoms with Crippen LogP contribution in [0.3, 0.4) is 0 Å². The molecule has 1 aliphatic rings. The number of sulfonamides is 1. The minimum absolute atomic E-state index is 0.0156. The summed E-state index contributed by atoms with van der Waals surface area (Å²) in [5, 5.41) is 3.58. The number of benzene rings is 2. The van der Waals surface area contributed by atoms with E-state index < -0.39 is 21.2 Å². The molecule has 170 valence electrons. The van der Waals surface area contributed by atoms with Crippen molar-refractivity contribution in [1.82, 2.24) is 0 Å². The van der Waals surface area contributed by atoms with Crippen molar-refractivity contribution in [3.8, 4) is 5.75 Å². The van der Waals surface area contributed by atoms with Crippen LogP contribution < -0.4 is 15.0 Å². The smallest absolute Gasteiger partial charge is 0.294 e. The van der Waals surface area contributed by atoms with Gasteiger partial charge in [0.2, 0.25) is 11.8 Å². The summed E-state index contributed by atoms with van der Waals surface area (Å²) in [6, 6.07) is 18.5. The Hall–Kier alpha value is -3.15. The van der Waals surface area contributed by atoms with Crippen molar-refractivity contribution in [2.24, 2.45) is 4.40 Å². The third-order valence-corrected chi connectivity index (χ3v) is 8.53. The molecule has 1 fully saturated rings. The Morgan fingerprint density at radius 3 is 2.45 bits per heavy atom. The fraction of sp³-hybridized carbons (Fsp3) is 0.136. The predicted octanol–water partition coefficient (Wildman–Crippen LogP) is 3.98. The zero-order chi connectivity index (χ0) is 23.4. The lowest BCUT2D eigenvalue weighted by molar-refractivity contribution is -0.121. The average molecular weight is 502 g/mol. The molecule has 1 saturated heterocycles. The predicted molar refractivity (Wildman–Crippen MR) is 130 cm³/mol. The highest BCUT2D eigenvalue weighted by molar-refractivity contribution is 8.16. The van der Waals surface area contributed by atoms with Gasteiger partial charge in [0.1, 0.15) is 15.2 Å². The SMILES string of the molecule is COc1ccc(NC(=O)CC2SC(=NS(=O)(=O)c3cccs3)N(c3ccccc3)C2=O)cc1. The second-order valence-corrected chi connectivity index (χ2v) is 10.8. The first kappa shape index (κ1) is 23.0. The fourth-order valence-electron chi connectivity index (χ4n) is 3.09. The highest BCUT2D eigenvalue weighted by Gasteiger charge is 2.41. The lowest BCUT2D eigenvalue weighted by Gasteiger charge is -2.16. The van der Waals surface area contributed by atoms with Gasteiger partial charge in [-0.05, 0) is 47.8 Å². The first-order valence-corrected chi connectivity index (χ1v) is 13.0. The minimum Gasteiger partial charge on any atom is -0.497 e. The van der Waals surface area contributed by atoms with Gasteiger partial charge in [-0.3, -0.25) is 14.5 Å². The van der Waals surface area contributed by atoms with Crippen molar-refractivity contribution >= 4 is 61.5 Å². The van der Waals surface area contributed by atoms with Crippen molar-refractivity contribution < 1.29 is 22.7 Å². The number of amides is 2. The number of anilines is 2. The number of methoxy groups -OCH3 is 1. The molecule has 2 aromatic carbocycles. The van der Waals surface area contributed by atoms with Gasteiger partial charge in [-0.15, -0.1) is 15.7 Å². The highest BCUT2D eigenvalue weighted by atomic mass is 32.2. The lowest BCUT2D eigenvalue weighted by atomic mass is 10.2. The molecule has 1 aromatic heterocycles. The fourth-order valence-corrected chi connectivity index (χ4v) is 6.39. The number of carbonyl (C=O) groups excluding carboxylic acids is 2. The summed E-state index contributed by atoms with van der Waals surface area (Å²) in [5.74, 6) is -0.126. The second kappa shape index (κ2) is 9.77. The van der Waals surface area contributed by atoms with Crippen molar-refractivity contribution in [3.63, 3.8) is 0 Å². The molecule has 0 saturated carbocycles. The Morgan fingerprint density at radius 2 is 1.82 bits per heavy atom. The molecule has 2 heterocycles. The van der Waals surface area contributed by atoms with Crippen molar-refractivity contribution in [3.05, 3.63) is 72.1 Å². The molecule has 11 heteroatoms. The van der Waals surface area contributed by atoms with Crippen LogP contribution in [-0.4, -0.2) is 37.8 Å². The summed E-state index contributed by atoms with van der Waals surface area (Å²) in [6.07, 6.45) is -0.142. The number of carbonyl (C=O) groups is 2. The number of nitrogens with zero attached hydrogens (tertiary/aromatic N) is 2. The molecule has 0 radical (unpaired) electrons. The van der Waals surface area contributed by atoms with Crippen LogP contribution in [0.25, 0.3) is 0 Å². The first-order valence-electron chi connectivity index (χ1n) is 9.75. The Bertz CT molecular complexity index is 1270. The van der Waals surface area contributed by atoms with Crippen LogP contribution in [0.15, 0.2) is 80.7 Å². The number of ether oxygens (including phenoxy) is 1. The van der Waals surface area contributed by atoms with Gasteiger partial charge in [-0.1, -0.05) is 36.0 Å². The van der Waals surface area contributed by atoms with Gasteiger partial charge < -0.3 is 10.1 Å². The lowest BCUT2D eigenvalue weighted by Crippen LogP contribution is -2.33. The number of amidine groups is 1. The number of thiophene rings is 1. The van der Waals surface area contributed by atoms with Crippen LogP contribution in [0, 0.1) is 0 Å². The molecular formula is C22H19N3O5S3. The maximum Gasteiger partial charge on any atom is 0.294 e. The van der Waals surface area contributed by atoms with E-state index in [-0.39, 0.29) is 21.7 Å². The van der Waals surface area contributed by atoms with E-state index in [0.717, 1.165) is 23.1 Å². The zero-order valence-electron chi connectivity index (χ0n) is 17.4. The largest absolute Gasteiger partial charge is 0.497 e. The first-order chi connectivity index (χ1) is 15.9. The normalized spacial score (nSPS) is 17.4. The molecule has 4 rings (SSSR count). The highest BCUT2D eigenvalue weighted by Crippen LogP contribution is 2.35. The second-order valence-electron chi connectivity index (χ2n) is 6.88. The minimum atomic E-state index is -3.99. The van der Waals surface area contributed by atoms with Gasteiger partial charge in [0.05, 0.1) is 12.8 Å². The van der Waals surface area contributed by atoms with Crippen LogP contribution in [0.1, 0.15) is 6.42 Å². The molecule has 33 heavy (non-hydrogen) atoms. The molecule has 1 aliphatic heterocycles. The van der Waals surface area contributed by atoms with Crippen LogP contribution in [0.5, 0.6) is 5.75 Å². The van der Waals surface area contributed by atoms with E-state index in [4.69, 9.17) is 4.74 Å². The average Bonchev–Trinajstić information content (AvgIpc) is 3.44. The molecule has 0 aliphatic carbocycles. The Labute approximate surface area is 199 Å². The number of thioether (sulfide) groups is 1. The maximum absolute atomic E-state index is 13.2. The van der Waals surface area contributed by atoms with E-state index >= 15 is 0 Å². The van der Waals surface area contributed by atoms with Gasteiger partial charge in [0.25, 0.3) is 10.0 Å². The van der Waals surface area contributed by atoms with E-state index in [1.165, 1.54) is 11.0 Å². The summed E-state index contributed by atoms with van der Waals surface area (Å²) in [6.45, 7) is 0. The van der Waals surface area contributed by atoms with E-state index in [9.17, 15) is 18.0 Å². The molecule has 1 N–H and O–H groups in total. The van der Waals surface area contributed by atoms with Gasteiger partial charge in [-0.2, -0.15) is 8.42 Å². The number of hydrogen-bond donors (Lipinski definition) is 1. The van der Waals surface area contributed by atoms with Gasteiger partial charge >= 0.3 is 0 Å². The topological polar surface area (TPSA) is 105 Å². The van der Waals surface area contributed by atoms with Crippen molar-refractivity contribution in [1.29, 1.82) is 0 Å². The quantitative estimate of drug-likeness (QED) is 0.525. The maximum atomic E-state index is 13.2. The molecule has 0 bridgehead atoms. The molecular weight excluding hydrogens is 482 g/mol. The molecule has 8 nitrogen and oxygen atoms in total. The zero-order valence-corrected chi connectivity index (χ0v) is 19.8. The molecule has 0 spiro atoms. The Morgan fingerprint density at radius 1 is 1.09 bits per heavy atom. The number of nitrogens with one attached hydrogen (secondary N) is 1. The molecule has 2 amide bonds. The molecule has 3 aromatic rings. The standard InChI is InChI=1S/C22H19N3O5S3/c1-30-17-11-9-15(10-12-17)23-19(26)14-18-21(27)25(16-6-3-2-4-7-16)22(32-18)24-33(28,29)20-8-5-13-31-20/h2-13,18H,14H2,1H3,(H,23,26). The van der Waals surface area contributed by atoms with Gasteiger partial charge in [-0.25, -0.2) is 0 Å². The summed E-state index contributed by atoms with van der Waals surface area (Å²) >= 11 is 2.01. The number of para-hydroxylation sites is 1. The summed E-state index contributed by atoms with van der Waals surface area (Å²) in [7, 11) is -2.44. The van der Waals surface area contributed by atoms with Crippen LogP contribution in [0.4, 0.5) is 11.4 Å². The van der Waals surface area contributed by atoms with E-state index in [1.807, 2.05) is 0 Å². The molecule has 1 unspecified atom stereocenters. The van der Waals surface area contributed by atoms with Crippen LogP contribution in [-0.2, 0) is 19.6 Å². The Balaban J connectivity index is 1.57. The molecule has 1 atom stereocenters. The third kappa shape index (κ3) is 5.27. The van der Waals surface area contributed by atoms with Crippen LogP contribution in [0.2, 0.25) is 0 Å². The van der Waals surface area contributed by atoms with Crippen LogP contribution >= 0.6 is 23.1 Å². The van der Waals surface area contributed by atoms with E-state index in [0.29, 0.717) is 17.1 Å². The number of hydrogen-bond acceptors (Lipinski definition) is 7. The van der Waals surface area contributed by atoms with Crippen molar-refractivity contribution in [2.75, 3.05) is 17.3 Å². The summed E-state index contributed by atoms with van der Waals surface area (Å²) in [5.41, 5.74) is 1.04. The van der Waals surface area contributed by atoms with Gasteiger partial charge in [0, 0.05) is 12.1 Å². The van der Waals surface area contributed by atoms with E-state index in [2.05, 4.69) is 9.71 Å². The van der Waals surface area contributed by atoms with Crippen molar-refractivity contribution in [2.45, 2.75) is 15.9 Å². The Kier molecular flexibility index (Phi) is 6.82. The summed E-state index contributed by atoms with van der Waals surface area (Å²) < 4.78 is 34.6. The monoisotopic (exact) mass is 501 g/mol. The summed E-state index contributed by atoms with van der Waals surface area (Å²) in [4.78, 5) is 27.1. The van der Waals surface area contributed by atoms with E-state index in [1.54, 1.807) is 73.2 Å².